The lowest BCUT2D eigenvalue weighted by Crippen LogP contribution is -2.32. The van der Waals surface area contributed by atoms with Crippen LogP contribution in [-0.4, -0.2) is 16.4 Å². The summed E-state index contributed by atoms with van der Waals surface area (Å²) in [7, 11) is 0. The Kier molecular flexibility index (Phi) is 7.40. The first-order valence-corrected chi connectivity index (χ1v) is 10.5. The zero-order valence-corrected chi connectivity index (χ0v) is 18.9. The number of alkyl halides is 3. The zero-order chi connectivity index (χ0) is 25.8. The highest BCUT2D eigenvalue weighted by Gasteiger charge is 2.29. The van der Waals surface area contributed by atoms with Gasteiger partial charge in [0.25, 0.3) is 11.5 Å². The molecule has 0 saturated carbocycles. The summed E-state index contributed by atoms with van der Waals surface area (Å²) in [6.45, 7) is 2.90. The molecule has 0 aliphatic carbocycles. The monoisotopic (exact) mass is 482 g/mol. The van der Waals surface area contributed by atoms with Crippen LogP contribution in [0, 0.1) is 25.2 Å². The maximum Gasteiger partial charge on any atom is 0.416 e. The van der Waals surface area contributed by atoms with Crippen LogP contribution in [0.25, 0.3) is 0 Å². The number of nitrogens with one attached hydrogen (secondary N) is 2. The molecule has 0 bridgehead atoms. The van der Waals surface area contributed by atoms with Crippen molar-refractivity contribution in [3.63, 3.8) is 0 Å². The number of nitrogens with zero attached hydrogens (tertiary/aromatic N) is 2. The molecule has 0 radical (unpaired) electrons. The maximum absolute atomic E-state index is 12.7. The lowest BCUT2D eigenvalue weighted by Gasteiger charge is -2.14. The molecule has 0 unspecified atom stereocenters. The van der Waals surface area contributed by atoms with Crippen LogP contribution in [0.3, 0.4) is 0 Å². The number of benzene rings is 2. The first kappa shape index (κ1) is 25.2. The molecule has 0 aliphatic heterocycles. The molecule has 2 N–H and O–H groups in total. The van der Waals surface area contributed by atoms with E-state index in [1.165, 1.54) is 28.8 Å². The second-order valence-electron chi connectivity index (χ2n) is 7.82. The number of para-hydroxylation sites is 1. The Labute approximate surface area is 198 Å². The first-order valence-electron chi connectivity index (χ1n) is 10.5. The molecule has 3 aromatic rings. The van der Waals surface area contributed by atoms with Crippen LogP contribution in [0.5, 0.6) is 0 Å². The molecule has 35 heavy (non-hydrogen) atoms. The number of nitriles is 1. The summed E-state index contributed by atoms with van der Waals surface area (Å²) in [6.07, 6.45) is -4.45. The van der Waals surface area contributed by atoms with E-state index in [1.54, 1.807) is 32.0 Å². The SMILES string of the molecule is Cc1cc(C)n(CC(=O)Nc2ccccc2C(=O)NCc2ccc(C(F)(F)F)cc2)c(=O)c1C#N. The summed E-state index contributed by atoms with van der Waals surface area (Å²) in [5, 5.41) is 14.4. The number of amides is 2. The maximum atomic E-state index is 12.7. The Morgan fingerprint density at radius 2 is 1.71 bits per heavy atom. The second kappa shape index (κ2) is 10.3. The number of carbonyl (C=O) groups is 2. The lowest BCUT2D eigenvalue weighted by atomic mass is 10.1. The minimum atomic E-state index is -4.45. The van der Waals surface area contributed by atoms with Crippen LogP contribution in [-0.2, 0) is 24.1 Å². The summed E-state index contributed by atoms with van der Waals surface area (Å²) in [4.78, 5) is 37.9. The predicted octanol–water partition coefficient (Wildman–Crippen LogP) is 3.92. The topological polar surface area (TPSA) is 104 Å². The average Bonchev–Trinajstić information content (AvgIpc) is 2.80. The molecule has 2 aromatic carbocycles. The fraction of sp³-hybridized carbons (Fsp3) is 0.200. The number of carbonyl (C=O) groups excluding carboxylic acids is 2. The van der Waals surface area contributed by atoms with Crippen LogP contribution < -0.4 is 16.2 Å². The molecule has 0 atom stereocenters. The van der Waals surface area contributed by atoms with Gasteiger partial charge in [0, 0.05) is 12.2 Å². The molecule has 10 heteroatoms. The fourth-order valence-electron chi connectivity index (χ4n) is 3.47. The number of pyridine rings is 1. The number of rotatable bonds is 6. The molecule has 0 fully saturated rings. The van der Waals surface area contributed by atoms with E-state index in [0.717, 1.165) is 12.1 Å². The second-order valence-corrected chi connectivity index (χ2v) is 7.82. The first-order chi connectivity index (χ1) is 16.5. The van der Waals surface area contributed by atoms with E-state index in [1.807, 2.05) is 6.07 Å². The molecule has 3 rings (SSSR count). The van der Waals surface area contributed by atoms with Gasteiger partial charge in [-0.3, -0.25) is 14.4 Å². The zero-order valence-electron chi connectivity index (χ0n) is 18.9. The molecule has 0 aliphatic rings. The highest BCUT2D eigenvalue weighted by Crippen LogP contribution is 2.29. The summed E-state index contributed by atoms with van der Waals surface area (Å²) in [5.74, 6) is -1.12. The van der Waals surface area contributed by atoms with E-state index < -0.39 is 29.1 Å². The van der Waals surface area contributed by atoms with Crippen molar-refractivity contribution in [2.24, 2.45) is 0 Å². The molecule has 2 amide bonds. The van der Waals surface area contributed by atoms with Gasteiger partial charge < -0.3 is 15.2 Å². The normalized spacial score (nSPS) is 11.0. The van der Waals surface area contributed by atoms with Gasteiger partial charge in [0.1, 0.15) is 18.2 Å². The molecule has 1 heterocycles. The Morgan fingerprint density at radius 1 is 1.06 bits per heavy atom. The molecule has 7 nitrogen and oxygen atoms in total. The van der Waals surface area contributed by atoms with E-state index in [0.29, 0.717) is 16.8 Å². The molecule has 180 valence electrons. The largest absolute Gasteiger partial charge is 0.416 e. The lowest BCUT2D eigenvalue weighted by molar-refractivity contribution is -0.137. The highest BCUT2D eigenvalue weighted by molar-refractivity contribution is 6.03. The molecule has 0 saturated heterocycles. The van der Waals surface area contributed by atoms with Gasteiger partial charge in [-0.1, -0.05) is 24.3 Å². The Balaban J connectivity index is 1.71. The van der Waals surface area contributed by atoms with Gasteiger partial charge in [0.2, 0.25) is 5.91 Å². The number of aromatic nitrogens is 1. The third-order valence-corrected chi connectivity index (χ3v) is 5.30. The van der Waals surface area contributed by atoms with Crippen molar-refractivity contribution in [3.8, 4) is 6.07 Å². The smallest absolute Gasteiger partial charge is 0.348 e. The standard InChI is InChI=1S/C25H21F3N4O3/c1-15-11-16(2)32(24(35)20(15)12-29)14-22(33)31-21-6-4-3-5-19(21)23(34)30-13-17-7-9-18(10-8-17)25(26,27)28/h3-11H,13-14H2,1-2H3,(H,30,34)(H,31,33). The van der Waals surface area contributed by atoms with Gasteiger partial charge in [-0.2, -0.15) is 18.4 Å². The fourth-order valence-corrected chi connectivity index (χ4v) is 3.47. The number of anilines is 1. The van der Waals surface area contributed by atoms with Gasteiger partial charge >= 0.3 is 6.18 Å². The van der Waals surface area contributed by atoms with Crippen molar-refractivity contribution in [2.45, 2.75) is 33.1 Å². The number of aryl methyl sites for hydroxylation is 2. The predicted molar refractivity (Wildman–Crippen MR) is 123 cm³/mol. The third kappa shape index (κ3) is 5.95. The van der Waals surface area contributed by atoms with Crippen molar-refractivity contribution in [3.05, 3.63) is 98.5 Å². The number of hydrogen-bond donors (Lipinski definition) is 2. The average molecular weight is 482 g/mol. The number of halogens is 3. The number of hydrogen-bond acceptors (Lipinski definition) is 4. The van der Waals surface area contributed by atoms with Crippen LogP contribution in [0.15, 0.2) is 59.4 Å². The minimum absolute atomic E-state index is 0.0197. The Hall–Kier alpha value is -4.39. The summed E-state index contributed by atoms with van der Waals surface area (Å²) < 4.78 is 39.3. The van der Waals surface area contributed by atoms with Gasteiger partial charge in [-0.05, 0) is 55.3 Å². The highest BCUT2D eigenvalue weighted by atomic mass is 19.4. The van der Waals surface area contributed by atoms with Gasteiger partial charge in [0.05, 0.1) is 16.8 Å². The van der Waals surface area contributed by atoms with Crippen LogP contribution in [0.1, 0.15) is 38.3 Å². The van der Waals surface area contributed by atoms with Crippen LogP contribution in [0.4, 0.5) is 18.9 Å². The summed E-state index contributed by atoms with van der Waals surface area (Å²) in [5.41, 5.74) is 0.403. The third-order valence-electron chi connectivity index (χ3n) is 5.30. The van der Waals surface area contributed by atoms with Gasteiger partial charge in [-0.25, -0.2) is 0 Å². The van der Waals surface area contributed by atoms with Crippen molar-refractivity contribution < 1.29 is 22.8 Å². The van der Waals surface area contributed by atoms with Crippen molar-refractivity contribution in [1.82, 2.24) is 9.88 Å². The molecular formula is C25H21F3N4O3. The van der Waals surface area contributed by atoms with Crippen molar-refractivity contribution in [1.29, 1.82) is 5.26 Å². The Bertz CT molecular complexity index is 1370. The van der Waals surface area contributed by atoms with Crippen molar-refractivity contribution in [2.75, 3.05) is 5.32 Å². The van der Waals surface area contributed by atoms with Gasteiger partial charge in [0.15, 0.2) is 0 Å². The quantitative estimate of drug-likeness (QED) is 0.556. The Morgan fingerprint density at radius 3 is 2.34 bits per heavy atom. The molecule has 0 spiro atoms. The van der Waals surface area contributed by atoms with E-state index >= 15 is 0 Å². The molecular weight excluding hydrogens is 461 g/mol. The minimum Gasteiger partial charge on any atom is -0.348 e. The van der Waals surface area contributed by atoms with E-state index in [4.69, 9.17) is 0 Å². The summed E-state index contributed by atoms with van der Waals surface area (Å²) >= 11 is 0. The van der Waals surface area contributed by atoms with Crippen LogP contribution >= 0.6 is 0 Å². The van der Waals surface area contributed by atoms with E-state index in [2.05, 4.69) is 10.6 Å². The molecule has 1 aromatic heterocycles. The van der Waals surface area contributed by atoms with Crippen molar-refractivity contribution >= 4 is 17.5 Å². The van der Waals surface area contributed by atoms with E-state index in [-0.39, 0.29) is 29.9 Å². The van der Waals surface area contributed by atoms with Crippen LogP contribution in [0.2, 0.25) is 0 Å². The van der Waals surface area contributed by atoms with Gasteiger partial charge in [-0.15, -0.1) is 0 Å². The summed E-state index contributed by atoms with van der Waals surface area (Å²) in [6, 6.07) is 14.1. The van der Waals surface area contributed by atoms with E-state index in [9.17, 15) is 32.8 Å².